The summed E-state index contributed by atoms with van der Waals surface area (Å²) in [4.78, 5) is 12.7. The van der Waals surface area contributed by atoms with E-state index in [1.165, 1.54) is 67.2 Å². The van der Waals surface area contributed by atoms with Crippen molar-refractivity contribution in [2.24, 2.45) is 0 Å². The van der Waals surface area contributed by atoms with E-state index in [-0.39, 0.29) is 21.2 Å². The third kappa shape index (κ3) is 4.91. The first-order chi connectivity index (χ1) is 15.0. The number of halogens is 3. The molecule has 3 rings (SSSR count). The van der Waals surface area contributed by atoms with Gasteiger partial charge in [-0.25, -0.2) is 17.2 Å². The lowest BCUT2D eigenvalue weighted by Gasteiger charge is -2.16. The van der Waals surface area contributed by atoms with Gasteiger partial charge in [-0.15, -0.1) is 0 Å². The number of aryl methyl sites for hydroxylation is 1. The maximum Gasteiger partial charge on any atom is 0.282 e. The smallest absolute Gasteiger partial charge is 0.282 e. The van der Waals surface area contributed by atoms with Crippen LogP contribution in [0, 0.1) is 6.92 Å². The van der Waals surface area contributed by atoms with Crippen molar-refractivity contribution in [2.75, 3.05) is 12.4 Å². The van der Waals surface area contributed by atoms with Gasteiger partial charge in [0.2, 0.25) is 15.7 Å². The molecule has 7 nitrogen and oxygen atoms in total. The molecule has 170 valence electrons. The van der Waals surface area contributed by atoms with Crippen molar-refractivity contribution in [2.45, 2.75) is 36.1 Å². The van der Waals surface area contributed by atoms with Gasteiger partial charge in [0.1, 0.15) is 17.5 Å². The van der Waals surface area contributed by atoms with Gasteiger partial charge in [0, 0.05) is 22.5 Å². The van der Waals surface area contributed by atoms with Crippen molar-refractivity contribution in [3.8, 4) is 5.75 Å². The number of aromatic nitrogens is 2. The summed E-state index contributed by atoms with van der Waals surface area (Å²) in [5.74, 6) is -0.363. The molecule has 3 aromatic rings. The second-order valence-electron chi connectivity index (χ2n) is 6.98. The number of benzene rings is 2. The van der Waals surface area contributed by atoms with Crippen LogP contribution in [-0.4, -0.2) is 31.2 Å². The van der Waals surface area contributed by atoms with Crippen LogP contribution in [0.2, 0.25) is 5.02 Å². The Balaban J connectivity index is 1.92. The molecule has 0 fully saturated rings. The Morgan fingerprint density at radius 1 is 1.12 bits per heavy atom. The normalized spacial score (nSPS) is 12.6. The lowest BCUT2D eigenvalue weighted by Crippen LogP contribution is -2.25. The van der Waals surface area contributed by atoms with E-state index in [1.54, 1.807) is 6.92 Å². The van der Waals surface area contributed by atoms with E-state index in [2.05, 4.69) is 10.4 Å². The number of methoxy groups -OCH3 is 1. The fourth-order valence-electron chi connectivity index (χ4n) is 3.04. The molecule has 1 atom stereocenters. The van der Waals surface area contributed by atoms with Crippen LogP contribution in [0.4, 0.5) is 14.5 Å². The van der Waals surface area contributed by atoms with Crippen LogP contribution < -0.4 is 10.1 Å². The van der Waals surface area contributed by atoms with E-state index >= 15 is 0 Å². The van der Waals surface area contributed by atoms with Crippen LogP contribution >= 0.6 is 11.6 Å². The minimum absolute atomic E-state index is 0.0208. The summed E-state index contributed by atoms with van der Waals surface area (Å²) in [5.41, 5.74) is 0.118. The Morgan fingerprint density at radius 3 is 2.34 bits per heavy atom. The lowest BCUT2D eigenvalue weighted by molar-refractivity contribution is -0.119. The van der Waals surface area contributed by atoms with Crippen molar-refractivity contribution in [1.29, 1.82) is 0 Å². The van der Waals surface area contributed by atoms with Gasteiger partial charge >= 0.3 is 0 Å². The second-order valence-corrected chi connectivity index (χ2v) is 9.36. The number of ether oxygens (including phenoxy) is 1. The maximum atomic E-state index is 13.0. The molecule has 0 saturated heterocycles. The predicted molar refractivity (Wildman–Crippen MR) is 115 cm³/mol. The zero-order valence-corrected chi connectivity index (χ0v) is 18.9. The van der Waals surface area contributed by atoms with E-state index in [0.717, 1.165) is 0 Å². The van der Waals surface area contributed by atoms with Gasteiger partial charge in [-0.05, 0) is 56.3 Å². The molecule has 32 heavy (non-hydrogen) atoms. The number of amides is 1. The van der Waals surface area contributed by atoms with Gasteiger partial charge in [0.15, 0.2) is 0 Å². The van der Waals surface area contributed by atoms with Gasteiger partial charge in [0.05, 0.1) is 16.9 Å². The van der Waals surface area contributed by atoms with Crippen LogP contribution in [0.25, 0.3) is 0 Å². The molecule has 0 aliphatic carbocycles. The SMILES string of the molecule is COc1cc(NC(=O)C(C)n2nc(C(F)F)cc2C)cc(S(=O)(=O)c2ccc(Cl)cc2)c1. The van der Waals surface area contributed by atoms with Gasteiger partial charge in [-0.3, -0.25) is 9.48 Å². The Labute approximate surface area is 188 Å². The summed E-state index contributed by atoms with van der Waals surface area (Å²) in [7, 11) is -2.56. The summed E-state index contributed by atoms with van der Waals surface area (Å²) in [6.45, 7) is 3.06. The molecule has 1 aromatic heterocycles. The minimum Gasteiger partial charge on any atom is -0.497 e. The number of hydrogen-bond acceptors (Lipinski definition) is 5. The van der Waals surface area contributed by atoms with Crippen molar-refractivity contribution >= 4 is 33.0 Å². The number of sulfone groups is 1. The first-order valence-electron chi connectivity index (χ1n) is 9.37. The van der Waals surface area contributed by atoms with Gasteiger partial charge in [-0.1, -0.05) is 11.6 Å². The van der Waals surface area contributed by atoms with Crippen molar-refractivity contribution in [1.82, 2.24) is 9.78 Å². The average molecular weight is 484 g/mol. The highest BCUT2D eigenvalue weighted by molar-refractivity contribution is 7.91. The first kappa shape index (κ1) is 23.7. The molecule has 1 unspecified atom stereocenters. The summed E-state index contributed by atoms with van der Waals surface area (Å²) in [6, 6.07) is 10.0. The Morgan fingerprint density at radius 2 is 1.78 bits per heavy atom. The molecule has 1 heterocycles. The van der Waals surface area contributed by atoms with Crippen LogP contribution in [0.1, 0.15) is 30.8 Å². The van der Waals surface area contributed by atoms with E-state index < -0.39 is 33.9 Å². The summed E-state index contributed by atoms with van der Waals surface area (Å²) in [6.07, 6.45) is -2.76. The highest BCUT2D eigenvalue weighted by atomic mass is 35.5. The summed E-state index contributed by atoms with van der Waals surface area (Å²) in [5, 5.41) is 6.77. The fourth-order valence-corrected chi connectivity index (χ4v) is 4.48. The maximum absolute atomic E-state index is 13.0. The van der Waals surface area contributed by atoms with Crippen LogP contribution in [-0.2, 0) is 14.6 Å². The number of carbonyl (C=O) groups excluding carboxylic acids is 1. The number of carbonyl (C=O) groups is 1. The van der Waals surface area contributed by atoms with Crippen LogP contribution in [0.5, 0.6) is 5.75 Å². The highest BCUT2D eigenvalue weighted by Gasteiger charge is 2.23. The van der Waals surface area contributed by atoms with E-state index in [0.29, 0.717) is 10.7 Å². The van der Waals surface area contributed by atoms with Gasteiger partial charge in [-0.2, -0.15) is 5.10 Å². The van der Waals surface area contributed by atoms with E-state index in [1.807, 2.05) is 0 Å². The minimum atomic E-state index is -3.92. The quantitative estimate of drug-likeness (QED) is 0.520. The number of alkyl halides is 2. The monoisotopic (exact) mass is 483 g/mol. The predicted octanol–water partition coefficient (Wildman–Crippen LogP) is 4.82. The van der Waals surface area contributed by atoms with Crippen molar-refractivity contribution in [3.63, 3.8) is 0 Å². The standard InChI is InChI=1S/C21H20ClF2N3O4S/c1-12-8-19(20(23)24)26-27(12)13(2)21(28)25-15-9-16(31-3)11-18(10-15)32(29,30)17-6-4-14(22)5-7-17/h4-11,13,20H,1-3H3,(H,25,28). The van der Waals surface area contributed by atoms with Gasteiger partial charge in [0.25, 0.3) is 6.43 Å². The van der Waals surface area contributed by atoms with Crippen LogP contribution in [0.3, 0.4) is 0 Å². The molecule has 0 aliphatic rings. The molecule has 2 aromatic carbocycles. The molecule has 0 bridgehead atoms. The van der Waals surface area contributed by atoms with Crippen LogP contribution in [0.15, 0.2) is 58.3 Å². The zero-order valence-electron chi connectivity index (χ0n) is 17.3. The third-order valence-corrected chi connectivity index (χ3v) is 6.73. The zero-order chi connectivity index (χ0) is 23.6. The molecule has 1 amide bonds. The first-order valence-corrected chi connectivity index (χ1v) is 11.2. The number of nitrogens with zero attached hydrogens (tertiary/aromatic N) is 2. The largest absolute Gasteiger partial charge is 0.497 e. The number of anilines is 1. The molecule has 0 aliphatic heterocycles. The fraction of sp³-hybridized carbons (Fsp3) is 0.238. The molecule has 1 N–H and O–H groups in total. The Hall–Kier alpha value is -2.98. The molecule has 0 saturated carbocycles. The van der Waals surface area contributed by atoms with Crippen molar-refractivity contribution in [3.05, 3.63) is 64.9 Å². The topological polar surface area (TPSA) is 90.3 Å². The number of hydrogen-bond donors (Lipinski definition) is 1. The Kier molecular flexibility index (Phi) is 6.85. The number of nitrogens with one attached hydrogen (secondary N) is 1. The third-order valence-electron chi connectivity index (χ3n) is 4.73. The van der Waals surface area contributed by atoms with E-state index in [4.69, 9.17) is 16.3 Å². The molecule has 0 spiro atoms. The summed E-state index contributed by atoms with van der Waals surface area (Å²) >= 11 is 5.84. The molecule has 0 radical (unpaired) electrons. The highest BCUT2D eigenvalue weighted by Crippen LogP contribution is 2.30. The molecular formula is C21H20ClF2N3O4S. The molecule has 11 heteroatoms. The Bertz CT molecular complexity index is 1240. The molecular weight excluding hydrogens is 464 g/mol. The van der Waals surface area contributed by atoms with Crippen molar-refractivity contribution < 1.29 is 26.7 Å². The second kappa shape index (κ2) is 9.25. The lowest BCUT2D eigenvalue weighted by atomic mass is 10.2. The van der Waals surface area contributed by atoms with Gasteiger partial charge < -0.3 is 10.1 Å². The number of rotatable bonds is 7. The average Bonchev–Trinajstić information content (AvgIpc) is 3.15. The van der Waals surface area contributed by atoms with E-state index in [9.17, 15) is 22.0 Å². The summed E-state index contributed by atoms with van der Waals surface area (Å²) < 4.78 is 58.2.